The van der Waals surface area contributed by atoms with Gasteiger partial charge in [0.15, 0.2) is 0 Å². The van der Waals surface area contributed by atoms with Crippen molar-refractivity contribution < 1.29 is 13.2 Å². The van der Waals surface area contributed by atoms with Crippen LogP contribution in [0.25, 0.3) is 0 Å². The minimum Gasteiger partial charge on any atom is -0.497 e. The first-order chi connectivity index (χ1) is 11.6. The second-order valence-electron chi connectivity index (χ2n) is 5.08. The first-order valence-electron chi connectivity index (χ1n) is 7.26. The zero-order chi connectivity index (χ0) is 17.0. The fourth-order valence-electron chi connectivity index (χ4n) is 2.26. The Kier molecular flexibility index (Phi) is 4.48. The lowest BCUT2D eigenvalue weighted by Gasteiger charge is -2.12. The van der Waals surface area contributed by atoms with Gasteiger partial charge in [-0.15, -0.1) is 0 Å². The van der Waals surface area contributed by atoms with Gasteiger partial charge in [0.2, 0.25) is 9.84 Å². The number of anilines is 2. The van der Waals surface area contributed by atoms with Crippen LogP contribution in [0.1, 0.15) is 0 Å². The van der Waals surface area contributed by atoms with Crippen LogP contribution in [0.2, 0.25) is 0 Å². The maximum atomic E-state index is 12.8. The average Bonchev–Trinajstić information content (AvgIpc) is 2.63. The molecular weight excluding hydrogens is 324 g/mol. The van der Waals surface area contributed by atoms with Crippen LogP contribution in [0.3, 0.4) is 0 Å². The number of nitrogens with zero attached hydrogens (tertiary/aromatic N) is 1. The molecule has 1 N–H and O–H groups in total. The highest BCUT2D eigenvalue weighted by atomic mass is 32.2. The zero-order valence-corrected chi connectivity index (χ0v) is 13.8. The lowest BCUT2D eigenvalue weighted by atomic mass is 10.3. The third-order valence-electron chi connectivity index (χ3n) is 3.43. The van der Waals surface area contributed by atoms with Crippen molar-refractivity contribution in [2.24, 2.45) is 0 Å². The number of aromatic nitrogens is 1. The molecule has 0 aliphatic heterocycles. The molecule has 0 radical (unpaired) electrons. The average molecular weight is 340 g/mol. The zero-order valence-electron chi connectivity index (χ0n) is 13.0. The highest BCUT2D eigenvalue weighted by Gasteiger charge is 2.19. The summed E-state index contributed by atoms with van der Waals surface area (Å²) in [6.07, 6.45) is 3.33. The Morgan fingerprint density at radius 3 is 2.38 bits per heavy atom. The van der Waals surface area contributed by atoms with Crippen LogP contribution in [0.5, 0.6) is 5.75 Å². The smallest absolute Gasteiger partial charge is 0.206 e. The molecule has 0 saturated heterocycles. The minimum absolute atomic E-state index is 0.166. The number of hydrogen-bond donors (Lipinski definition) is 1. The minimum atomic E-state index is -3.62. The van der Waals surface area contributed by atoms with Crippen LogP contribution in [0, 0.1) is 0 Å². The number of sulfone groups is 1. The Hall–Kier alpha value is -2.86. The van der Waals surface area contributed by atoms with E-state index in [4.69, 9.17) is 4.74 Å². The number of rotatable bonds is 5. The summed E-state index contributed by atoms with van der Waals surface area (Å²) in [7, 11) is -2.12. The third-order valence-corrected chi connectivity index (χ3v) is 5.18. The van der Waals surface area contributed by atoms with Crippen molar-refractivity contribution in [2.45, 2.75) is 9.79 Å². The first kappa shape index (κ1) is 16.0. The summed E-state index contributed by atoms with van der Waals surface area (Å²) in [4.78, 5) is 4.44. The summed E-state index contributed by atoms with van der Waals surface area (Å²) in [5.74, 6) is 0.457. The van der Waals surface area contributed by atoms with Crippen LogP contribution in [-0.2, 0) is 9.84 Å². The van der Waals surface area contributed by atoms with E-state index < -0.39 is 9.84 Å². The highest BCUT2D eigenvalue weighted by Crippen LogP contribution is 2.29. The van der Waals surface area contributed by atoms with Gasteiger partial charge in [-0.2, -0.15) is 0 Å². The van der Waals surface area contributed by atoms with Crippen LogP contribution >= 0.6 is 0 Å². The molecule has 122 valence electrons. The van der Waals surface area contributed by atoms with Crippen LogP contribution in [0.4, 0.5) is 11.4 Å². The number of nitrogens with one attached hydrogen (secondary N) is 1. The standard InChI is InChI=1S/C18H16N2O3S/c1-23-16-10-15(20-14-6-5-9-19-13-14)11-18(12-16)24(21,22)17-7-3-2-4-8-17/h2-13,20H,1H3. The van der Waals surface area contributed by atoms with Gasteiger partial charge in [0.1, 0.15) is 5.75 Å². The Morgan fingerprint density at radius 2 is 1.71 bits per heavy atom. The van der Waals surface area contributed by atoms with Gasteiger partial charge < -0.3 is 10.1 Å². The van der Waals surface area contributed by atoms with Gasteiger partial charge in [-0.25, -0.2) is 8.42 Å². The highest BCUT2D eigenvalue weighted by molar-refractivity contribution is 7.91. The van der Waals surface area contributed by atoms with Crippen molar-refractivity contribution in [2.75, 3.05) is 12.4 Å². The van der Waals surface area contributed by atoms with Gasteiger partial charge in [0.05, 0.1) is 28.8 Å². The molecule has 3 aromatic rings. The van der Waals surface area contributed by atoms with Crippen LogP contribution in [0.15, 0.2) is 82.8 Å². The van der Waals surface area contributed by atoms with Gasteiger partial charge in [-0.3, -0.25) is 4.98 Å². The summed E-state index contributed by atoms with van der Waals surface area (Å²) < 4.78 is 30.9. The molecule has 3 rings (SSSR count). The topological polar surface area (TPSA) is 68.3 Å². The first-order valence-corrected chi connectivity index (χ1v) is 8.74. The molecule has 0 bridgehead atoms. The molecule has 0 saturated carbocycles. The Balaban J connectivity index is 2.04. The Morgan fingerprint density at radius 1 is 0.917 bits per heavy atom. The van der Waals surface area contributed by atoms with Gasteiger partial charge in [-0.1, -0.05) is 18.2 Å². The van der Waals surface area contributed by atoms with Crippen molar-refractivity contribution in [1.82, 2.24) is 4.98 Å². The van der Waals surface area contributed by atoms with Gasteiger partial charge in [0, 0.05) is 18.0 Å². The molecule has 24 heavy (non-hydrogen) atoms. The molecule has 0 unspecified atom stereocenters. The molecule has 0 atom stereocenters. The molecule has 0 aliphatic rings. The molecular formula is C18H16N2O3S. The molecule has 5 nitrogen and oxygen atoms in total. The Bertz CT molecular complexity index is 927. The summed E-state index contributed by atoms with van der Waals surface area (Å²) in [5.41, 5.74) is 1.37. The maximum Gasteiger partial charge on any atom is 0.206 e. The Labute approximate surface area is 140 Å². The van der Waals surface area contributed by atoms with Crippen molar-refractivity contribution in [1.29, 1.82) is 0 Å². The predicted octanol–water partition coefficient (Wildman–Crippen LogP) is 3.67. The fourth-order valence-corrected chi connectivity index (χ4v) is 3.60. The largest absolute Gasteiger partial charge is 0.497 e. The quantitative estimate of drug-likeness (QED) is 0.767. The number of methoxy groups -OCH3 is 1. The normalized spacial score (nSPS) is 11.0. The molecule has 0 amide bonds. The summed E-state index contributed by atoms with van der Waals surface area (Å²) >= 11 is 0. The third kappa shape index (κ3) is 3.38. The summed E-state index contributed by atoms with van der Waals surface area (Å²) in [5, 5.41) is 3.14. The second kappa shape index (κ2) is 6.72. The molecule has 0 spiro atoms. The second-order valence-corrected chi connectivity index (χ2v) is 7.03. The molecule has 0 aliphatic carbocycles. The van der Waals surface area contributed by atoms with E-state index in [2.05, 4.69) is 10.3 Å². The monoisotopic (exact) mass is 340 g/mol. The van der Waals surface area contributed by atoms with Crippen molar-refractivity contribution in [3.63, 3.8) is 0 Å². The van der Waals surface area contributed by atoms with E-state index >= 15 is 0 Å². The number of benzene rings is 2. The van der Waals surface area contributed by atoms with Crippen molar-refractivity contribution in [3.05, 3.63) is 73.1 Å². The number of hydrogen-bond acceptors (Lipinski definition) is 5. The molecule has 6 heteroatoms. The van der Waals surface area contributed by atoms with E-state index in [1.807, 2.05) is 6.07 Å². The summed E-state index contributed by atoms with van der Waals surface area (Å²) in [6, 6.07) is 16.8. The SMILES string of the molecule is COc1cc(Nc2cccnc2)cc(S(=O)(=O)c2ccccc2)c1. The van der Waals surface area contributed by atoms with E-state index in [-0.39, 0.29) is 9.79 Å². The van der Waals surface area contributed by atoms with Crippen molar-refractivity contribution >= 4 is 21.2 Å². The van der Waals surface area contributed by atoms with Gasteiger partial charge in [-0.05, 0) is 36.4 Å². The van der Waals surface area contributed by atoms with E-state index in [9.17, 15) is 8.42 Å². The van der Waals surface area contributed by atoms with Gasteiger partial charge >= 0.3 is 0 Å². The van der Waals surface area contributed by atoms with E-state index in [0.29, 0.717) is 11.4 Å². The maximum absolute atomic E-state index is 12.8. The van der Waals surface area contributed by atoms with Crippen molar-refractivity contribution in [3.8, 4) is 5.75 Å². The molecule has 2 aromatic carbocycles. The fraction of sp³-hybridized carbons (Fsp3) is 0.0556. The van der Waals surface area contributed by atoms with E-state index in [1.54, 1.807) is 60.9 Å². The van der Waals surface area contributed by atoms with E-state index in [0.717, 1.165) is 5.69 Å². The predicted molar refractivity (Wildman–Crippen MR) is 92.4 cm³/mol. The van der Waals surface area contributed by atoms with Crippen LogP contribution in [-0.4, -0.2) is 20.5 Å². The van der Waals surface area contributed by atoms with E-state index in [1.165, 1.54) is 13.2 Å². The van der Waals surface area contributed by atoms with Gasteiger partial charge in [0.25, 0.3) is 0 Å². The molecule has 1 aromatic heterocycles. The lowest BCUT2D eigenvalue weighted by molar-refractivity contribution is 0.413. The number of ether oxygens (including phenoxy) is 1. The molecule has 0 fully saturated rings. The lowest BCUT2D eigenvalue weighted by Crippen LogP contribution is -2.03. The number of pyridine rings is 1. The molecule has 1 heterocycles. The summed E-state index contributed by atoms with van der Waals surface area (Å²) in [6.45, 7) is 0. The van der Waals surface area contributed by atoms with Crippen LogP contribution < -0.4 is 10.1 Å².